The van der Waals surface area contributed by atoms with Gasteiger partial charge in [0.05, 0.1) is 6.10 Å². The maximum atomic E-state index is 10.6. The van der Waals surface area contributed by atoms with Crippen molar-refractivity contribution in [1.29, 1.82) is 0 Å². The van der Waals surface area contributed by atoms with E-state index in [4.69, 9.17) is 5.73 Å². The van der Waals surface area contributed by atoms with Gasteiger partial charge >= 0.3 is 0 Å². The monoisotopic (exact) mass is 357 g/mol. The Morgan fingerprint density at radius 2 is 1.96 bits per heavy atom. The van der Waals surface area contributed by atoms with Crippen LogP contribution >= 0.6 is 0 Å². The Hall–Kier alpha value is -0.600. The van der Waals surface area contributed by atoms with Crippen molar-refractivity contribution < 1.29 is 5.11 Å². The number of allylic oxidation sites excluding steroid dienone is 4. The molecular weight excluding hydrogens is 318 g/mol. The zero-order valence-corrected chi connectivity index (χ0v) is 16.9. The summed E-state index contributed by atoms with van der Waals surface area (Å²) in [7, 11) is 0. The third-order valence-electron chi connectivity index (χ3n) is 9.06. The lowest BCUT2D eigenvalue weighted by atomic mass is 9.47. The molecule has 0 aromatic rings. The van der Waals surface area contributed by atoms with Crippen LogP contribution in [-0.2, 0) is 0 Å². The van der Waals surface area contributed by atoms with Gasteiger partial charge in [0.25, 0.3) is 0 Å². The van der Waals surface area contributed by atoms with E-state index < -0.39 is 0 Å². The predicted octanol–water partition coefficient (Wildman–Crippen LogP) is 5.22. The molecule has 0 aromatic heterocycles. The maximum absolute atomic E-state index is 10.6. The maximum Gasteiger partial charge on any atom is 0.0596 e. The summed E-state index contributed by atoms with van der Waals surface area (Å²) in [6.45, 7) is 5.77. The average Bonchev–Trinajstić information content (AvgIpc) is 2.94. The third-order valence-corrected chi connectivity index (χ3v) is 9.06. The highest BCUT2D eigenvalue weighted by atomic mass is 16.3. The van der Waals surface area contributed by atoms with Crippen molar-refractivity contribution in [2.45, 2.75) is 84.2 Å². The Balaban J connectivity index is 1.51. The van der Waals surface area contributed by atoms with E-state index in [-0.39, 0.29) is 11.5 Å². The SMILES string of the molecule is CC12CCC(C=CCCCN)C=C1CCC1C2CCC2(C)C(O)CCC12. The largest absolute Gasteiger partial charge is 0.393 e. The molecule has 3 saturated carbocycles. The Morgan fingerprint density at radius 3 is 2.77 bits per heavy atom. The number of hydrogen-bond donors (Lipinski definition) is 2. The Bertz CT molecular complexity index is 581. The summed E-state index contributed by atoms with van der Waals surface area (Å²) < 4.78 is 0. The van der Waals surface area contributed by atoms with Crippen molar-refractivity contribution in [3.05, 3.63) is 23.8 Å². The second-order valence-corrected chi connectivity index (χ2v) is 10.2. The first-order valence-electron chi connectivity index (χ1n) is 11.2. The summed E-state index contributed by atoms with van der Waals surface area (Å²) in [4.78, 5) is 0. The van der Waals surface area contributed by atoms with Crippen LogP contribution in [-0.4, -0.2) is 17.8 Å². The zero-order valence-electron chi connectivity index (χ0n) is 16.9. The van der Waals surface area contributed by atoms with Gasteiger partial charge in [-0.2, -0.15) is 0 Å². The van der Waals surface area contributed by atoms with Crippen LogP contribution in [0.4, 0.5) is 0 Å². The quantitative estimate of drug-likeness (QED) is 0.535. The third kappa shape index (κ3) is 2.92. The molecule has 4 aliphatic carbocycles. The molecular formula is C24H39NO. The van der Waals surface area contributed by atoms with E-state index in [0.29, 0.717) is 11.3 Å². The fraction of sp³-hybridized carbons (Fsp3) is 0.833. The van der Waals surface area contributed by atoms with Gasteiger partial charge in [-0.1, -0.05) is 37.6 Å². The van der Waals surface area contributed by atoms with Crippen molar-refractivity contribution >= 4 is 0 Å². The highest BCUT2D eigenvalue weighted by Gasteiger charge is 2.58. The smallest absolute Gasteiger partial charge is 0.0596 e. The number of rotatable bonds is 4. The fourth-order valence-electron chi connectivity index (χ4n) is 7.39. The van der Waals surface area contributed by atoms with Gasteiger partial charge < -0.3 is 10.8 Å². The molecule has 2 heteroatoms. The molecule has 0 aromatic carbocycles. The van der Waals surface area contributed by atoms with Gasteiger partial charge in [0.15, 0.2) is 0 Å². The molecule has 0 heterocycles. The van der Waals surface area contributed by atoms with Crippen molar-refractivity contribution in [3.63, 3.8) is 0 Å². The van der Waals surface area contributed by atoms with E-state index in [1.165, 1.54) is 44.9 Å². The standard InChI is InChI=1S/C24H39NO/c1-23-13-11-17(6-4-3-5-15-25)16-18(23)7-8-19-20-9-10-22(26)24(20,2)14-12-21(19)23/h4,6,16-17,19-22,26H,3,5,7-15,25H2,1-2H3. The molecule has 0 spiro atoms. The van der Waals surface area contributed by atoms with Crippen molar-refractivity contribution in [2.24, 2.45) is 40.2 Å². The number of nitrogens with two attached hydrogens (primary N) is 1. The number of unbranched alkanes of at least 4 members (excludes halogenated alkanes) is 1. The van der Waals surface area contributed by atoms with Crippen LogP contribution in [0.2, 0.25) is 0 Å². The van der Waals surface area contributed by atoms with Crippen LogP contribution in [0.25, 0.3) is 0 Å². The van der Waals surface area contributed by atoms with Crippen LogP contribution in [0.3, 0.4) is 0 Å². The Morgan fingerprint density at radius 1 is 1.12 bits per heavy atom. The first-order valence-corrected chi connectivity index (χ1v) is 11.2. The highest BCUT2D eigenvalue weighted by Crippen LogP contribution is 2.65. The normalized spacial score (nSPS) is 48.0. The van der Waals surface area contributed by atoms with Gasteiger partial charge in [-0.05, 0) is 105 Å². The topological polar surface area (TPSA) is 46.2 Å². The number of aliphatic hydroxyl groups is 1. The number of hydrogen-bond acceptors (Lipinski definition) is 2. The Kier molecular flexibility index (Phi) is 5.11. The molecule has 7 atom stereocenters. The molecule has 0 bridgehead atoms. The number of fused-ring (bicyclic) bond motifs is 5. The average molecular weight is 358 g/mol. The summed E-state index contributed by atoms with van der Waals surface area (Å²) >= 11 is 0. The van der Waals surface area contributed by atoms with Crippen LogP contribution in [0.5, 0.6) is 0 Å². The first-order chi connectivity index (χ1) is 12.5. The molecule has 3 fully saturated rings. The minimum Gasteiger partial charge on any atom is -0.393 e. The summed E-state index contributed by atoms with van der Waals surface area (Å²) in [6.07, 6.45) is 19.8. The summed E-state index contributed by atoms with van der Waals surface area (Å²) in [5, 5.41) is 10.6. The molecule has 2 nitrogen and oxygen atoms in total. The van der Waals surface area contributed by atoms with E-state index >= 15 is 0 Å². The van der Waals surface area contributed by atoms with E-state index in [9.17, 15) is 5.11 Å². The molecule has 146 valence electrons. The van der Waals surface area contributed by atoms with Crippen molar-refractivity contribution in [2.75, 3.05) is 6.54 Å². The number of aliphatic hydroxyl groups excluding tert-OH is 1. The van der Waals surface area contributed by atoms with Gasteiger partial charge in [0.2, 0.25) is 0 Å². The zero-order chi connectivity index (χ0) is 18.4. The van der Waals surface area contributed by atoms with Gasteiger partial charge in [-0.15, -0.1) is 0 Å². The van der Waals surface area contributed by atoms with Crippen LogP contribution < -0.4 is 5.73 Å². The molecule has 7 unspecified atom stereocenters. The molecule has 0 aliphatic heterocycles. The lowest BCUT2D eigenvalue weighted by Gasteiger charge is -2.58. The second-order valence-electron chi connectivity index (χ2n) is 10.2. The van der Waals surface area contributed by atoms with Gasteiger partial charge in [0, 0.05) is 0 Å². The summed E-state index contributed by atoms with van der Waals surface area (Å²) in [6, 6.07) is 0. The minimum atomic E-state index is -0.0485. The molecule has 0 saturated heterocycles. The van der Waals surface area contributed by atoms with Crippen LogP contribution in [0, 0.1) is 34.5 Å². The molecule has 26 heavy (non-hydrogen) atoms. The van der Waals surface area contributed by atoms with E-state index in [1.807, 2.05) is 0 Å². The van der Waals surface area contributed by atoms with Crippen molar-refractivity contribution in [1.82, 2.24) is 0 Å². The van der Waals surface area contributed by atoms with Crippen molar-refractivity contribution in [3.8, 4) is 0 Å². The summed E-state index contributed by atoms with van der Waals surface area (Å²) in [5.41, 5.74) is 8.01. The summed E-state index contributed by atoms with van der Waals surface area (Å²) in [5.74, 6) is 3.12. The van der Waals surface area contributed by atoms with Crippen LogP contribution in [0.15, 0.2) is 23.8 Å². The van der Waals surface area contributed by atoms with E-state index in [2.05, 4.69) is 32.1 Å². The lowest BCUT2D eigenvalue weighted by Crippen LogP contribution is -2.51. The molecule has 0 amide bonds. The Labute approximate surface area is 160 Å². The predicted molar refractivity (Wildman–Crippen MR) is 109 cm³/mol. The van der Waals surface area contributed by atoms with E-state index in [0.717, 1.165) is 43.6 Å². The molecule has 3 N–H and O–H groups in total. The lowest BCUT2D eigenvalue weighted by molar-refractivity contribution is -0.0742. The first kappa shape index (κ1) is 18.7. The molecule has 4 rings (SSSR count). The molecule has 4 aliphatic rings. The van der Waals surface area contributed by atoms with Gasteiger partial charge in [0.1, 0.15) is 0 Å². The fourth-order valence-corrected chi connectivity index (χ4v) is 7.39. The highest BCUT2D eigenvalue weighted by molar-refractivity contribution is 5.26. The molecule has 0 radical (unpaired) electrons. The minimum absolute atomic E-state index is 0.0485. The second kappa shape index (κ2) is 7.09. The van der Waals surface area contributed by atoms with Gasteiger partial charge in [-0.25, -0.2) is 0 Å². The van der Waals surface area contributed by atoms with Crippen LogP contribution in [0.1, 0.15) is 78.1 Å². The van der Waals surface area contributed by atoms with Gasteiger partial charge in [-0.3, -0.25) is 0 Å². The van der Waals surface area contributed by atoms with E-state index in [1.54, 1.807) is 5.57 Å².